The summed E-state index contributed by atoms with van der Waals surface area (Å²) in [6, 6.07) is 8.02. The molecule has 1 fully saturated rings. The molecule has 0 unspecified atom stereocenters. The van der Waals surface area contributed by atoms with Crippen LogP contribution in [0, 0.1) is 0 Å². The minimum Gasteiger partial charge on any atom is -0.360 e. The molecular formula is C24H41N2O+. The molecule has 1 heterocycles. The third-order valence-corrected chi connectivity index (χ3v) is 6.27. The summed E-state index contributed by atoms with van der Waals surface area (Å²) >= 11 is 0. The fraction of sp³-hybridized carbons (Fsp3) is 0.708. The zero-order valence-electron chi connectivity index (χ0n) is 17.8. The number of hydrogen-bond acceptors (Lipinski definition) is 2. The summed E-state index contributed by atoms with van der Waals surface area (Å²) in [5, 5.41) is 0. The van der Waals surface area contributed by atoms with E-state index in [9.17, 15) is 4.79 Å². The van der Waals surface area contributed by atoms with E-state index < -0.39 is 0 Å². The van der Waals surface area contributed by atoms with Crippen molar-refractivity contribution in [1.82, 2.24) is 0 Å². The van der Waals surface area contributed by atoms with Crippen molar-refractivity contribution in [2.24, 2.45) is 0 Å². The Bertz CT molecular complexity index is 518. The van der Waals surface area contributed by atoms with E-state index in [1.807, 2.05) is 12.1 Å². The molecule has 1 aromatic rings. The maximum Gasteiger partial charge on any atom is 0.150 e. The van der Waals surface area contributed by atoms with E-state index in [-0.39, 0.29) is 0 Å². The summed E-state index contributed by atoms with van der Waals surface area (Å²) < 4.78 is 1.22. The lowest BCUT2D eigenvalue weighted by atomic mass is 10.1. The van der Waals surface area contributed by atoms with Gasteiger partial charge in [-0.3, -0.25) is 4.79 Å². The van der Waals surface area contributed by atoms with Crippen molar-refractivity contribution in [1.29, 1.82) is 0 Å². The summed E-state index contributed by atoms with van der Waals surface area (Å²) in [7, 11) is 2.43. The molecule has 0 amide bonds. The van der Waals surface area contributed by atoms with Gasteiger partial charge in [-0.05, 0) is 37.1 Å². The molecule has 27 heavy (non-hydrogen) atoms. The highest BCUT2D eigenvalue weighted by atomic mass is 16.1. The molecule has 152 valence electrons. The molecule has 2 rings (SSSR count). The minimum atomic E-state index is 0.761. The molecule has 1 aliphatic rings. The normalized spacial score (nSPS) is 16.4. The van der Waals surface area contributed by atoms with E-state index in [0.29, 0.717) is 0 Å². The lowest BCUT2D eigenvalue weighted by molar-refractivity contribution is -0.910. The van der Waals surface area contributed by atoms with Gasteiger partial charge in [-0.1, -0.05) is 58.3 Å². The third-order valence-electron chi connectivity index (χ3n) is 6.27. The number of hydrogen-bond donors (Lipinski definition) is 0. The Morgan fingerprint density at radius 3 is 1.89 bits per heavy atom. The van der Waals surface area contributed by atoms with Gasteiger partial charge in [0.1, 0.15) is 6.29 Å². The van der Waals surface area contributed by atoms with Gasteiger partial charge in [0.15, 0.2) is 0 Å². The summed E-state index contributed by atoms with van der Waals surface area (Å²) in [4.78, 5) is 13.3. The van der Waals surface area contributed by atoms with E-state index in [1.54, 1.807) is 0 Å². The van der Waals surface area contributed by atoms with Crippen LogP contribution in [0.5, 0.6) is 0 Å². The fourth-order valence-corrected chi connectivity index (χ4v) is 4.17. The first kappa shape index (κ1) is 21.9. The Kier molecular flexibility index (Phi) is 9.90. The van der Waals surface area contributed by atoms with Gasteiger partial charge in [0.25, 0.3) is 0 Å². The van der Waals surface area contributed by atoms with Gasteiger partial charge in [0.2, 0.25) is 0 Å². The van der Waals surface area contributed by atoms with Gasteiger partial charge in [0, 0.05) is 11.3 Å². The number of nitrogens with zero attached hydrogens (tertiary/aromatic N) is 2. The van der Waals surface area contributed by atoms with Crippen LogP contribution in [0.1, 0.15) is 81.5 Å². The van der Waals surface area contributed by atoms with E-state index in [0.717, 1.165) is 24.9 Å². The average Bonchev–Trinajstić information content (AvgIpc) is 2.70. The zero-order valence-corrected chi connectivity index (χ0v) is 17.8. The van der Waals surface area contributed by atoms with Gasteiger partial charge >= 0.3 is 0 Å². The number of unbranched alkanes of at least 4 members (excludes halogenated alkanes) is 9. The van der Waals surface area contributed by atoms with Crippen molar-refractivity contribution in [2.45, 2.75) is 71.1 Å². The van der Waals surface area contributed by atoms with Crippen molar-refractivity contribution < 1.29 is 9.28 Å². The number of likely N-dealkylation sites (N-methyl/N-ethyl adjacent to an activating group) is 1. The molecule has 0 aliphatic carbocycles. The molecule has 0 atom stereocenters. The molecule has 0 bridgehead atoms. The molecule has 1 aliphatic heterocycles. The van der Waals surface area contributed by atoms with Gasteiger partial charge in [-0.15, -0.1) is 0 Å². The van der Waals surface area contributed by atoms with Crippen LogP contribution in [0.2, 0.25) is 0 Å². The SMILES string of the molecule is CCCCCCCCCCCC[N+]1(C)CCN(c2ccc(C=O)cc2)CC1. The van der Waals surface area contributed by atoms with Crippen molar-refractivity contribution in [3.05, 3.63) is 29.8 Å². The Hall–Kier alpha value is -1.35. The largest absolute Gasteiger partial charge is 0.360 e. The van der Waals surface area contributed by atoms with Crippen molar-refractivity contribution in [3.8, 4) is 0 Å². The second kappa shape index (κ2) is 12.2. The second-order valence-corrected chi connectivity index (χ2v) is 8.67. The molecule has 0 radical (unpaired) electrons. The predicted molar refractivity (Wildman–Crippen MR) is 117 cm³/mol. The first-order chi connectivity index (χ1) is 13.2. The Morgan fingerprint density at radius 2 is 1.37 bits per heavy atom. The standard InChI is InChI=1S/C24H41N2O/c1-3-4-5-6-7-8-9-10-11-12-19-26(2)20-17-25(18-21-26)24-15-13-23(22-27)14-16-24/h13-16,22H,3-12,17-21H2,1-2H3/q+1. The molecule has 0 N–H and O–H groups in total. The maximum absolute atomic E-state index is 10.8. The fourth-order valence-electron chi connectivity index (χ4n) is 4.17. The van der Waals surface area contributed by atoms with Gasteiger partial charge in [-0.25, -0.2) is 0 Å². The molecule has 3 heteroatoms. The number of piperazine rings is 1. The van der Waals surface area contributed by atoms with Crippen LogP contribution in [0.4, 0.5) is 5.69 Å². The highest BCUT2D eigenvalue weighted by molar-refractivity contribution is 5.75. The second-order valence-electron chi connectivity index (χ2n) is 8.67. The van der Waals surface area contributed by atoms with E-state index in [4.69, 9.17) is 0 Å². The lowest BCUT2D eigenvalue weighted by Gasteiger charge is -2.43. The van der Waals surface area contributed by atoms with Crippen LogP contribution in [0.15, 0.2) is 24.3 Å². The number of quaternary nitrogens is 1. The van der Waals surface area contributed by atoms with Crippen LogP contribution in [0.25, 0.3) is 0 Å². The van der Waals surface area contributed by atoms with Crippen LogP contribution < -0.4 is 4.90 Å². The van der Waals surface area contributed by atoms with E-state index in [2.05, 4.69) is 31.0 Å². The zero-order chi connectivity index (χ0) is 19.4. The number of anilines is 1. The molecule has 0 saturated carbocycles. The monoisotopic (exact) mass is 373 g/mol. The van der Waals surface area contributed by atoms with Crippen molar-refractivity contribution >= 4 is 12.0 Å². The highest BCUT2D eigenvalue weighted by Gasteiger charge is 2.28. The van der Waals surface area contributed by atoms with Gasteiger partial charge < -0.3 is 9.38 Å². The van der Waals surface area contributed by atoms with Crippen LogP contribution >= 0.6 is 0 Å². The smallest absolute Gasteiger partial charge is 0.150 e. The van der Waals surface area contributed by atoms with Crippen molar-refractivity contribution in [3.63, 3.8) is 0 Å². The molecule has 0 spiro atoms. The Labute approximate surface area is 167 Å². The summed E-state index contributed by atoms with van der Waals surface area (Å²) in [5.41, 5.74) is 2.02. The van der Waals surface area contributed by atoms with Crippen molar-refractivity contribution in [2.75, 3.05) is 44.7 Å². The molecule has 3 nitrogen and oxygen atoms in total. The summed E-state index contributed by atoms with van der Waals surface area (Å²) in [6.45, 7) is 8.31. The number of benzene rings is 1. The number of carbonyl (C=O) groups excluding carboxylic acids is 1. The topological polar surface area (TPSA) is 20.3 Å². The summed E-state index contributed by atoms with van der Waals surface area (Å²) in [6.07, 6.45) is 15.1. The first-order valence-corrected chi connectivity index (χ1v) is 11.3. The Morgan fingerprint density at radius 1 is 0.852 bits per heavy atom. The molecule has 1 saturated heterocycles. The quantitative estimate of drug-likeness (QED) is 0.252. The number of carbonyl (C=O) groups is 1. The predicted octanol–water partition coefficient (Wildman–Crippen LogP) is 5.69. The molecule has 0 aromatic heterocycles. The van der Waals surface area contributed by atoms with Crippen LogP contribution in [0.3, 0.4) is 0 Å². The number of rotatable bonds is 13. The number of aldehydes is 1. The summed E-state index contributed by atoms with van der Waals surface area (Å²) in [5.74, 6) is 0. The van der Waals surface area contributed by atoms with Crippen LogP contribution in [-0.4, -0.2) is 50.5 Å². The Balaban J connectivity index is 1.55. The third kappa shape index (κ3) is 8.04. The molecule has 1 aromatic carbocycles. The lowest BCUT2D eigenvalue weighted by Crippen LogP contribution is -2.57. The maximum atomic E-state index is 10.8. The van der Waals surface area contributed by atoms with E-state index in [1.165, 1.54) is 94.0 Å². The first-order valence-electron chi connectivity index (χ1n) is 11.3. The van der Waals surface area contributed by atoms with E-state index >= 15 is 0 Å². The van der Waals surface area contributed by atoms with Crippen LogP contribution in [-0.2, 0) is 0 Å². The van der Waals surface area contributed by atoms with Gasteiger partial charge in [0.05, 0.1) is 39.8 Å². The minimum absolute atomic E-state index is 0.761. The average molecular weight is 374 g/mol. The van der Waals surface area contributed by atoms with Gasteiger partial charge in [-0.2, -0.15) is 0 Å². The molecular weight excluding hydrogens is 332 g/mol. The highest BCUT2D eigenvalue weighted by Crippen LogP contribution is 2.20.